The van der Waals surface area contributed by atoms with Crippen LogP contribution in [0, 0.1) is 5.92 Å². The van der Waals surface area contributed by atoms with Gasteiger partial charge in [0.1, 0.15) is 0 Å². The van der Waals surface area contributed by atoms with Gasteiger partial charge in [-0.15, -0.1) is 0 Å². The maximum absolute atomic E-state index is 11.4. The average Bonchev–Trinajstić information content (AvgIpc) is 2.54. The summed E-state index contributed by atoms with van der Waals surface area (Å²) in [6, 6.07) is 0.357. The molecule has 2 fully saturated rings. The lowest BCUT2D eigenvalue weighted by atomic mass is 10.0. The van der Waals surface area contributed by atoms with Crippen LogP contribution >= 0.6 is 0 Å². The van der Waals surface area contributed by atoms with Gasteiger partial charge in [0.05, 0.1) is 6.10 Å². The van der Waals surface area contributed by atoms with Gasteiger partial charge < -0.3 is 15.4 Å². The molecule has 2 N–H and O–H groups in total. The lowest BCUT2D eigenvalue weighted by Crippen LogP contribution is -2.37. The Bertz CT molecular complexity index is 245. The molecule has 2 saturated heterocycles. The molecule has 3 unspecified atom stereocenters. The van der Waals surface area contributed by atoms with E-state index in [4.69, 9.17) is 4.74 Å². The summed E-state index contributed by atoms with van der Waals surface area (Å²) in [4.78, 5) is 11.4. The van der Waals surface area contributed by atoms with E-state index in [9.17, 15) is 4.79 Å². The Morgan fingerprint density at radius 3 is 3.12 bits per heavy atom. The number of amides is 1. The fraction of sp³-hybridized carbons (Fsp3) is 0.917. The molecule has 2 aliphatic rings. The van der Waals surface area contributed by atoms with Crippen molar-refractivity contribution in [1.29, 1.82) is 0 Å². The van der Waals surface area contributed by atoms with Crippen LogP contribution in [0.4, 0.5) is 0 Å². The molecular weight excluding hydrogens is 204 g/mol. The molecular formula is C12H22N2O2. The third-order valence-electron chi connectivity index (χ3n) is 3.69. The number of hydrogen-bond acceptors (Lipinski definition) is 3. The van der Waals surface area contributed by atoms with E-state index < -0.39 is 0 Å². The van der Waals surface area contributed by atoms with Gasteiger partial charge in [0.15, 0.2) is 0 Å². The number of nitrogens with one attached hydrogen (secondary N) is 2. The molecule has 2 heterocycles. The highest BCUT2D eigenvalue weighted by Gasteiger charge is 2.25. The molecule has 92 valence electrons. The fourth-order valence-corrected chi connectivity index (χ4v) is 2.51. The van der Waals surface area contributed by atoms with Gasteiger partial charge in [0.25, 0.3) is 0 Å². The van der Waals surface area contributed by atoms with Crippen molar-refractivity contribution in [2.75, 3.05) is 19.7 Å². The van der Waals surface area contributed by atoms with Crippen molar-refractivity contribution in [3.05, 3.63) is 0 Å². The smallest absolute Gasteiger partial charge is 0.221 e. The molecule has 0 radical (unpaired) electrons. The Kier molecular flexibility index (Phi) is 4.18. The third kappa shape index (κ3) is 3.19. The monoisotopic (exact) mass is 226 g/mol. The van der Waals surface area contributed by atoms with Crippen molar-refractivity contribution in [2.24, 2.45) is 5.92 Å². The highest BCUT2D eigenvalue weighted by Crippen LogP contribution is 2.20. The van der Waals surface area contributed by atoms with Crippen LogP contribution in [0.25, 0.3) is 0 Å². The zero-order chi connectivity index (χ0) is 11.4. The van der Waals surface area contributed by atoms with E-state index in [2.05, 4.69) is 17.6 Å². The number of carbonyl (C=O) groups excluding carboxylic acids is 1. The zero-order valence-electron chi connectivity index (χ0n) is 10.00. The molecule has 2 aliphatic heterocycles. The molecule has 1 amide bonds. The summed E-state index contributed by atoms with van der Waals surface area (Å²) in [5.41, 5.74) is 0. The quantitative estimate of drug-likeness (QED) is 0.743. The van der Waals surface area contributed by atoms with E-state index in [0.29, 0.717) is 24.5 Å². The number of carbonyl (C=O) groups is 1. The van der Waals surface area contributed by atoms with E-state index in [1.807, 2.05) is 0 Å². The van der Waals surface area contributed by atoms with E-state index in [1.54, 1.807) is 0 Å². The number of hydrogen-bond donors (Lipinski definition) is 2. The molecule has 0 spiro atoms. The molecule has 4 nitrogen and oxygen atoms in total. The van der Waals surface area contributed by atoms with E-state index >= 15 is 0 Å². The van der Waals surface area contributed by atoms with Gasteiger partial charge in [-0.1, -0.05) is 0 Å². The van der Waals surface area contributed by atoms with Crippen molar-refractivity contribution in [2.45, 2.75) is 44.8 Å². The minimum atomic E-state index is 0.186. The van der Waals surface area contributed by atoms with E-state index in [0.717, 1.165) is 39.0 Å². The van der Waals surface area contributed by atoms with Crippen molar-refractivity contribution < 1.29 is 9.53 Å². The third-order valence-corrected chi connectivity index (χ3v) is 3.69. The van der Waals surface area contributed by atoms with Crippen LogP contribution in [0.15, 0.2) is 0 Å². The average molecular weight is 226 g/mol. The maximum atomic E-state index is 11.4. The predicted octanol–water partition coefficient (Wildman–Crippen LogP) is 0.670. The van der Waals surface area contributed by atoms with Crippen LogP contribution < -0.4 is 10.6 Å². The summed E-state index contributed by atoms with van der Waals surface area (Å²) in [6.45, 7) is 4.84. The number of ether oxygens (including phenoxy) is 1. The van der Waals surface area contributed by atoms with Crippen molar-refractivity contribution >= 4 is 5.91 Å². The minimum Gasteiger partial charge on any atom is -0.378 e. The molecule has 0 aromatic rings. The first kappa shape index (κ1) is 11.9. The second-order valence-electron chi connectivity index (χ2n) is 4.93. The Morgan fingerprint density at radius 2 is 2.38 bits per heavy atom. The molecule has 0 aromatic carbocycles. The Labute approximate surface area is 97.1 Å². The van der Waals surface area contributed by atoms with Crippen LogP contribution in [0.3, 0.4) is 0 Å². The molecule has 0 bridgehead atoms. The van der Waals surface area contributed by atoms with Crippen molar-refractivity contribution in [3.8, 4) is 0 Å². The lowest BCUT2D eigenvalue weighted by molar-refractivity contribution is -0.121. The fourth-order valence-electron chi connectivity index (χ4n) is 2.51. The van der Waals surface area contributed by atoms with Gasteiger partial charge in [0.2, 0.25) is 5.91 Å². The SMILES string of the molecule is CC1OCCC1CNC1CCCNC(=O)C1. The van der Waals surface area contributed by atoms with Gasteiger partial charge in [-0.25, -0.2) is 0 Å². The zero-order valence-corrected chi connectivity index (χ0v) is 10.00. The largest absolute Gasteiger partial charge is 0.378 e. The van der Waals surface area contributed by atoms with Gasteiger partial charge in [-0.2, -0.15) is 0 Å². The second-order valence-corrected chi connectivity index (χ2v) is 4.93. The van der Waals surface area contributed by atoms with Crippen LogP contribution in [0.2, 0.25) is 0 Å². The lowest BCUT2D eigenvalue weighted by Gasteiger charge is -2.20. The summed E-state index contributed by atoms with van der Waals surface area (Å²) in [5, 5.41) is 6.43. The molecule has 4 heteroatoms. The first-order chi connectivity index (χ1) is 7.75. The van der Waals surface area contributed by atoms with Crippen molar-refractivity contribution in [3.63, 3.8) is 0 Å². The first-order valence-electron chi connectivity index (χ1n) is 6.37. The van der Waals surface area contributed by atoms with Gasteiger partial charge >= 0.3 is 0 Å². The second kappa shape index (κ2) is 5.64. The Morgan fingerprint density at radius 1 is 1.50 bits per heavy atom. The normalized spacial score (nSPS) is 35.8. The van der Waals surface area contributed by atoms with Gasteiger partial charge in [-0.05, 0) is 32.1 Å². The van der Waals surface area contributed by atoms with Crippen LogP contribution in [0.1, 0.15) is 32.6 Å². The first-order valence-corrected chi connectivity index (χ1v) is 6.37. The predicted molar refractivity (Wildman–Crippen MR) is 62.2 cm³/mol. The van der Waals surface area contributed by atoms with E-state index in [1.165, 1.54) is 0 Å². The molecule has 2 rings (SSSR count). The minimum absolute atomic E-state index is 0.186. The van der Waals surface area contributed by atoms with Gasteiger partial charge in [0, 0.05) is 32.2 Å². The van der Waals surface area contributed by atoms with Gasteiger partial charge in [-0.3, -0.25) is 4.79 Å². The van der Waals surface area contributed by atoms with Crippen molar-refractivity contribution in [1.82, 2.24) is 10.6 Å². The number of rotatable bonds is 3. The Balaban J connectivity index is 1.73. The van der Waals surface area contributed by atoms with Crippen LogP contribution in [0.5, 0.6) is 0 Å². The van der Waals surface area contributed by atoms with Crippen LogP contribution in [-0.4, -0.2) is 37.7 Å². The van der Waals surface area contributed by atoms with Crippen LogP contribution in [-0.2, 0) is 9.53 Å². The van der Waals surface area contributed by atoms with E-state index in [-0.39, 0.29) is 5.91 Å². The standard InChI is InChI=1S/C12H22N2O2/c1-9-10(4-6-16-9)8-14-11-3-2-5-13-12(15)7-11/h9-11,14H,2-8H2,1H3,(H,13,15). The maximum Gasteiger partial charge on any atom is 0.221 e. The highest BCUT2D eigenvalue weighted by molar-refractivity contribution is 5.76. The summed E-state index contributed by atoms with van der Waals surface area (Å²) in [5.74, 6) is 0.803. The molecule has 16 heavy (non-hydrogen) atoms. The molecule has 0 aromatic heterocycles. The molecule has 0 saturated carbocycles. The topological polar surface area (TPSA) is 50.4 Å². The summed E-state index contributed by atoms with van der Waals surface area (Å²) < 4.78 is 5.53. The molecule has 3 atom stereocenters. The highest BCUT2D eigenvalue weighted by atomic mass is 16.5. The summed E-state index contributed by atoms with van der Waals surface area (Å²) in [7, 11) is 0. The Hall–Kier alpha value is -0.610. The summed E-state index contributed by atoms with van der Waals surface area (Å²) in [6.07, 6.45) is 4.32. The molecule has 0 aliphatic carbocycles. The summed E-state index contributed by atoms with van der Waals surface area (Å²) >= 11 is 0.